The van der Waals surface area contributed by atoms with Gasteiger partial charge in [0.1, 0.15) is 0 Å². The molecule has 0 amide bonds. The molecule has 0 nitrogen and oxygen atoms in total. The van der Waals surface area contributed by atoms with Gasteiger partial charge in [0.15, 0.2) is 0 Å². The fourth-order valence-electron chi connectivity index (χ4n) is 3.64. The van der Waals surface area contributed by atoms with E-state index in [0.717, 1.165) is 6.42 Å². The molecule has 0 fully saturated rings. The Morgan fingerprint density at radius 1 is 0.826 bits per heavy atom. The van der Waals surface area contributed by atoms with E-state index in [1.54, 1.807) is 0 Å². The van der Waals surface area contributed by atoms with Gasteiger partial charge in [-0.15, -0.1) is 0 Å². The van der Waals surface area contributed by atoms with Crippen LogP contribution in [0.3, 0.4) is 0 Å². The second kappa shape index (κ2) is 6.51. The second-order valence-corrected chi connectivity index (χ2v) is 8.10. The maximum Gasteiger partial charge on any atom is -0.00132 e. The Labute approximate surface area is 141 Å². The Bertz CT molecular complexity index is 686. The summed E-state index contributed by atoms with van der Waals surface area (Å²) in [4.78, 5) is 0. The van der Waals surface area contributed by atoms with E-state index in [0.29, 0.717) is 0 Å². The Morgan fingerprint density at radius 2 is 1.52 bits per heavy atom. The molecule has 122 valence electrons. The molecule has 0 bridgehead atoms. The Kier molecular flexibility index (Phi) is 4.62. The molecular weight excluding hydrogens is 276 g/mol. The van der Waals surface area contributed by atoms with Crippen LogP contribution in [0, 0.1) is 0 Å². The lowest BCUT2D eigenvalue weighted by Crippen LogP contribution is -2.11. The predicted molar refractivity (Wildman–Crippen MR) is 101 cm³/mol. The molecule has 3 rings (SSSR count). The molecule has 2 aromatic carbocycles. The van der Waals surface area contributed by atoms with Crippen LogP contribution in [0.1, 0.15) is 75.6 Å². The van der Waals surface area contributed by atoms with Gasteiger partial charge in [-0.25, -0.2) is 0 Å². The van der Waals surface area contributed by atoms with Crippen LogP contribution in [0.4, 0.5) is 0 Å². The third kappa shape index (κ3) is 3.52. The SMILES string of the molecule is CCCCCCc1ccc2c(c1)Cc1cc(C(C)(C)C)ccc1-2. The van der Waals surface area contributed by atoms with Gasteiger partial charge in [0.2, 0.25) is 0 Å². The monoisotopic (exact) mass is 306 g/mol. The molecule has 0 saturated heterocycles. The number of unbranched alkanes of at least 4 members (excludes halogenated alkanes) is 3. The fraction of sp³-hybridized carbons (Fsp3) is 0.478. The molecule has 0 aliphatic heterocycles. The summed E-state index contributed by atoms with van der Waals surface area (Å²) in [5.41, 5.74) is 9.14. The van der Waals surface area contributed by atoms with Crippen LogP contribution in [-0.4, -0.2) is 0 Å². The first-order chi connectivity index (χ1) is 11.0. The minimum atomic E-state index is 0.230. The van der Waals surface area contributed by atoms with E-state index in [-0.39, 0.29) is 5.41 Å². The number of hydrogen-bond acceptors (Lipinski definition) is 0. The molecule has 0 heteroatoms. The average Bonchev–Trinajstić information content (AvgIpc) is 2.87. The summed E-state index contributed by atoms with van der Waals surface area (Å²) in [5.74, 6) is 0. The number of fused-ring (bicyclic) bond motifs is 3. The third-order valence-corrected chi connectivity index (χ3v) is 5.13. The van der Waals surface area contributed by atoms with Crippen molar-refractivity contribution in [2.45, 2.75) is 71.6 Å². The van der Waals surface area contributed by atoms with E-state index in [1.807, 2.05) is 0 Å². The molecule has 2 aromatic rings. The van der Waals surface area contributed by atoms with Crippen molar-refractivity contribution in [2.75, 3.05) is 0 Å². The van der Waals surface area contributed by atoms with Gasteiger partial charge in [0, 0.05) is 0 Å². The van der Waals surface area contributed by atoms with Gasteiger partial charge >= 0.3 is 0 Å². The summed E-state index contributed by atoms with van der Waals surface area (Å²) >= 11 is 0. The van der Waals surface area contributed by atoms with Crippen LogP contribution in [-0.2, 0) is 18.3 Å². The molecule has 0 unspecified atom stereocenters. The average molecular weight is 306 g/mol. The van der Waals surface area contributed by atoms with Crippen molar-refractivity contribution in [1.29, 1.82) is 0 Å². The highest BCUT2D eigenvalue weighted by atomic mass is 14.3. The second-order valence-electron chi connectivity index (χ2n) is 8.10. The van der Waals surface area contributed by atoms with Gasteiger partial charge in [-0.05, 0) is 58.1 Å². The molecule has 23 heavy (non-hydrogen) atoms. The summed E-state index contributed by atoms with van der Waals surface area (Å²) < 4.78 is 0. The van der Waals surface area contributed by atoms with Gasteiger partial charge in [0.05, 0.1) is 0 Å². The molecule has 0 saturated carbocycles. The molecule has 0 heterocycles. The molecule has 1 aliphatic rings. The summed E-state index contributed by atoms with van der Waals surface area (Å²) in [7, 11) is 0. The first-order valence-corrected chi connectivity index (χ1v) is 9.24. The first-order valence-electron chi connectivity index (χ1n) is 9.24. The van der Waals surface area contributed by atoms with Gasteiger partial charge < -0.3 is 0 Å². The zero-order valence-corrected chi connectivity index (χ0v) is 15.2. The highest BCUT2D eigenvalue weighted by molar-refractivity contribution is 5.77. The zero-order chi connectivity index (χ0) is 16.4. The molecule has 1 aliphatic carbocycles. The van der Waals surface area contributed by atoms with Gasteiger partial charge in [0.25, 0.3) is 0 Å². The standard InChI is InChI=1S/C23H30/c1-5-6-7-8-9-17-10-12-21-18(14-17)15-19-16-20(23(2,3)4)11-13-22(19)21/h10-14,16H,5-9,15H2,1-4H3. The highest BCUT2D eigenvalue weighted by Crippen LogP contribution is 2.39. The lowest BCUT2D eigenvalue weighted by Gasteiger charge is -2.20. The van der Waals surface area contributed by atoms with Gasteiger partial charge in [-0.3, -0.25) is 0 Å². The lowest BCUT2D eigenvalue weighted by molar-refractivity contribution is 0.590. The number of rotatable bonds is 5. The quantitative estimate of drug-likeness (QED) is 0.461. The Balaban J connectivity index is 1.79. The van der Waals surface area contributed by atoms with E-state index in [1.165, 1.54) is 65.5 Å². The maximum absolute atomic E-state index is 2.46. The van der Waals surface area contributed by atoms with Gasteiger partial charge in [-0.1, -0.05) is 83.4 Å². The molecule has 0 aromatic heterocycles. The lowest BCUT2D eigenvalue weighted by atomic mass is 9.85. The van der Waals surface area contributed by atoms with Crippen LogP contribution < -0.4 is 0 Å². The predicted octanol–water partition coefficient (Wildman–Crippen LogP) is 6.68. The van der Waals surface area contributed by atoms with Crippen molar-refractivity contribution in [2.24, 2.45) is 0 Å². The van der Waals surface area contributed by atoms with Crippen LogP contribution >= 0.6 is 0 Å². The van der Waals surface area contributed by atoms with Crippen LogP contribution in [0.15, 0.2) is 36.4 Å². The van der Waals surface area contributed by atoms with Crippen molar-refractivity contribution in [3.63, 3.8) is 0 Å². The van der Waals surface area contributed by atoms with E-state index in [4.69, 9.17) is 0 Å². The summed E-state index contributed by atoms with van der Waals surface area (Å²) in [6.45, 7) is 9.17. The summed E-state index contributed by atoms with van der Waals surface area (Å²) in [5, 5.41) is 0. The van der Waals surface area contributed by atoms with Crippen LogP contribution in [0.25, 0.3) is 11.1 Å². The maximum atomic E-state index is 2.46. The van der Waals surface area contributed by atoms with Crippen molar-refractivity contribution < 1.29 is 0 Å². The van der Waals surface area contributed by atoms with Crippen molar-refractivity contribution in [3.8, 4) is 11.1 Å². The summed E-state index contributed by atoms with van der Waals surface area (Å²) in [6.07, 6.45) is 7.71. The van der Waals surface area contributed by atoms with E-state index in [9.17, 15) is 0 Å². The number of aryl methyl sites for hydroxylation is 1. The Hall–Kier alpha value is -1.56. The molecule has 0 atom stereocenters. The smallest absolute Gasteiger partial charge is 0.00132 e. The highest BCUT2D eigenvalue weighted by Gasteiger charge is 2.21. The van der Waals surface area contributed by atoms with Gasteiger partial charge in [-0.2, -0.15) is 0 Å². The molecule has 0 radical (unpaired) electrons. The van der Waals surface area contributed by atoms with Crippen LogP contribution in [0.5, 0.6) is 0 Å². The largest absolute Gasteiger partial charge is 0.0654 e. The van der Waals surface area contributed by atoms with E-state index >= 15 is 0 Å². The fourth-order valence-corrected chi connectivity index (χ4v) is 3.64. The topological polar surface area (TPSA) is 0 Å². The minimum absolute atomic E-state index is 0.230. The first kappa shape index (κ1) is 16.3. The third-order valence-electron chi connectivity index (χ3n) is 5.13. The molecular formula is C23H30. The molecule has 0 N–H and O–H groups in total. The van der Waals surface area contributed by atoms with Crippen molar-refractivity contribution in [3.05, 3.63) is 58.7 Å². The number of benzene rings is 2. The molecule has 0 spiro atoms. The normalized spacial score (nSPS) is 13.0. The minimum Gasteiger partial charge on any atom is -0.0654 e. The van der Waals surface area contributed by atoms with Crippen molar-refractivity contribution in [1.82, 2.24) is 0 Å². The van der Waals surface area contributed by atoms with E-state index < -0.39 is 0 Å². The van der Waals surface area contributed by atoms with E-state index in [2.05, 4.69) is 64.1 Å². The Morgan fingerprint density at radius 3 is 2.22 bits per heavy atom. The number of hydrogen-bond donors (Lipinski definition) is 0. The van der Waals surface area contributed by atoms with Crippen molar-refractivity contribution >= 4 is 0 Å². The van der Waals surface area contributed by atoms with Crippen LogP contribution in [0.2, 0.25) is 0 Å². The zero-order valence-electron chi connectivity index (χ0n) is 15.2. The summed E-state index contributed by atoms with van der Waals surface area (Å²) in [6, 6.07) is 14.2.